The average molecular weight is 393 g/mol. The van der Waals surface area contributed by atoms with E-state index in [2.05, 4.69) is 15.6 Å². The van der Waals surface area contributed by atoms with Crippen LogP contribution in [0.25, 0.3) is 0 Å². The smallest absolute Gasteiger partial charge is 0.270 e. The predicted molar refractivity (Wildman–Crippen MR) is 108 cm³/mol. The van der Waals surface area contributed by atoms with Crippen LogP contribution in [0.5, 0.6) is 0 Å². The minimum Gasteiger partial charge on any atom is -0.354 e. The summed E-state index contributed by atoms with van der Waals surface area (Å²) in [5.74, 6) is -1.40. The van der Waals surface area contributed by atoms with E-state index in [0.717, 1.165) is 5.56 Å². The van der Waals surface area contributed by atoms with E-state index >= 15 is 0 Å². The number of likely N-dealkylation sites (N-methyl/N-ethyl adjacent to an activating group) is 1. The molecule has 0 unspecified atom stereocenters. The topological polar surface area (TPSA) is 87.6 Å². The van der Waals surface area contributed by atoms with Crippen molar-refractivity contribution in [1.29, 1.82) is 0 Å². The van der Waals surface area contributed by atoms with Gasteiger partial charge in [-0.2, -0.15) is 0 Å². The van der Waals surface area contributed by atoms with Crippen molar-refractivity contribution in [2.45, 2.75) is 19.8 Å². The second kappa shape index (κ2) is 8.60. The largest absolute Gasteiger partial charge is 0.354 e. The van der Waals surface area contributed by atoms with Crippen molar-refractivity contribution < 1.29 is 18.8 Å². The minimum absolute atomic E-state index is 0.109. The number of benzene rings is 2. The molecule has 7 heteroatoms. The zero-order chi connectivity index (χ0) is 21.0. The summed E-state index contributed by atoms with van der Waals surface area (Å²) < 4.78 is 13.7. The monoisotopic (exact) mass is 393 g/mol. The van der Waals surface area contributed by atoms with E-state index in [1.165, 1.54) is 25.4 Å². The molecule has 29 heavy (non-hydrogen) atoms. The molecule has 2 aromatic carbocycles. The molecule has 2 amide bonds. The van der Waals surface area contributed by atoms with Gasteiger partial charge in [-0.25, -0.2) is 4.39 Å². The molecule has 0 aromatic heterocycles. The van der Waals surface area contributed by atoms with Crippen LogP contribution in [0, 0.1) is 12.7 Å². The molecule has 1 heterocycles. The third-order valence-electron chi connectivity index (χ3n) is 4.66. The van der Waals surface area contributed by atoms with Gasteiger partial charge in [0.05, 0.1) is 5.57 Å². The SMILES string of the molecule is CNC(=O)C1=C(C(=O)Nc2ccc(CC(=O)c3cccc(F)c3C)cc2)CC=N1. The number of Topliss-reactive ketones (excluding diaryl/α,β-unsaturated/α-hetero) is 1. The van der Waals surface area contributed by atoms with Crippen molar-refractivity contribution in [2.24, 2.45) is 4.99 Å². The van der Waals surface area contributed by atoms with Crippen LogP contribution in [0.15, 0.2) is 58.7 Å². The number of nitrogens with one attached hydrogen (secondary N) is 2. The first-order chi connectivity index (χ1) is 13.9. The number of carbonyl (C=O) groups is 3. The Morgan fingerprint density at radius 2 is 1.79 bits per heavy atom. The Balaban J connectivity index is 1.68. The minimum atomic E-state index is -0.412. The number of nitrogens with zero attached hydrogens (tertiary/aromatic N) is 1. The summed E-state index contributed by atoms with van der Waals surface area (Å²) in [7, 11) is 1.48. The van der Waals surface area contributed by atoms with Gasteiger partial charge in [0.2, 0.25) is 0 Å². The molecule has 0 aliphatic carbocycles. The summed E-state index contributed by atoms with van der Waals surface area (Å²) in [6.07, 6.45) is 1.93. The Hall–Kier alpha value is -3.61. The molecule has 2 aromatic rings. The normalized spacial score (nSPS) is 12.8. The van der Waals surface area contributed by atoms with Crippen LogP contribution in [0.1, 0.15) is 27.9 Å². The van der Waals surface area contributed by atoms with E-state index in [9.17, 15) is 18.8 Å². The van der Waals surface area contributed by atoms with E-state index in [1.54, 1.807) is 37.3 Å². The molecule has 3 rings (SSSR count). The summed E-state index contributed by atoms with van der Waals surface area (Å²) in [4.78, 5) is 40.6. The number of rotatable bonds is 6. The number of amides is 2. The lowest BCUT2D eigenvalue weighted by Gasteiger charge is -2.09. The van der Waals surface area contributed by atoms with Gasteiger partial charge in [0, 0.05) is 37.4 Å². The highest BCUT2D eigenvalue weighted by Gasteiger charge is 2.23. The van der Waals surface area contributed by atoms with Crippen LogP contribution < -0.4 is 10.6 Å². The fourth-order valence-electron chi connectivity index (χ4n) is 3.02. The van der Waals surface area contributed by atoms with Gasteiger partial charge in [0.25, 0.3) is 11.8 Å². The summed E-state index contributed by atoms with van der Waals surface area (Å²) >= 11 is 0. The molecule has 6 nitrogen and oxygen atoms in total. The maximum absolute atomic E-state index is 13.7. The van der Waals surface area contributed by atoms with Gasteiger partial charge >= 0.3 is 0 Å². The second-order valence-electron chi connectivity index (χ2n) is 6.59. The van der Waals surface area contributed by atoms with Crippen molar-refractivity contribution in [3.05, 3.63) is 76.2 Å². The Morgan fingerprint density at radius 3 is 2.48 bits per heavy atom. The van der Waals surface area contributed by atoms with Gasteiger partial charge in [-0.15, -0.1) is 0 Å². The highest BCUT2D eigenvalue weighted by molar-refractivity contribution is 6.13. The molecule has 0 atom stereocenters. The zero-order valence-corrected chi connectivity index (χ0v) is 16.1. The van der Waals surface area contributed by atoms with Crippen molar-refractivity contribution >= 4 is 29.5 Å². The number of aliphatic imine (C=N–C) groups is 1. The number of hydrogen-bond acceptors (Lipinski definition) is 4. The molecule has 0 saturated carbocycles. The zero-order valence-electron chi connectivity index (χ0n) is 16.1. The van der Waals surface area contributed by atoms with Crippen LogP contribution in [-0.4, -0.2) is 30.9 Å². The first-order valence-electron chi connectivity index (χ1n) is 9.07. The molecule has 0 spiro atoms. The van der Waals surface area contributed by atoms with Crippen LogP contribution >= 0.6 is 0 Å². The van der Waals surface area contributed by atoms with E-state index in [1.807, 2.05) is 0 Å². The predicted octanol–water partition coefficient (Wildman–Crippen LogP) is 2.97. The van der Waals surface area contributed by atoms with Crippen molar-refractivity contribution in [3.8, 4) is 0 Å². The fraction of sp³-hybridized carbons (Fsp3) is 0.182. The van der Waals surface area contributed by atoms with Crippen molar-refractivity contribution in [1.82, 2.24) is 5.32 Å². The lowest BCUT2D eigenvalue weighted by Crippen LogP contribution is -2.23. The number of halogens is 1. The standard InChI is InChI=1S/C22H20FN3O3/c1-13-16(4-3-5-18(13)23)19(27)12-14-6-8-15(9-7-14)26-21(28)17-10-11-25-20(17)22(29)24-2/h3-9,11H,10,12H2,1-2H3,(H,24,29)(H,26,28). The highest BCUT2D eigenvalue weighted by atomic mass is 19.1. The van der Waals surface area contributed by atoms with E-state index in [-0.39, 0.29) is 24.3 Å². The summed E-state index contributed by atoms with van der Waals surface area (Å²) in [6, 6.07) is 11.2. The van der Waals surface area contributed by atoms with Crippen LogP contribution in [-0.2, 0) is 16.0 Å². The van der Waals surface area contributed by atoms with Gasteiger partial charge in [-0.3, -0.25) is 19.4 Å². The van der Waals surface area contributed by atoms with Gasteiger partial charge < -0.3 is 10.6 Å². The maximum atomic E-state index is 13.7. The van der Waals surface area contributed by atoms with Crippen LogP contribution in [0.3, 0.4) is 0 Å². The van der Waals surface area contributed by atoms with Crippen LogP contribution in [0.2, 0.25) is 0 Å². The van der Waals surface area contributed by atoms with E-state index < -0.39 is 17.6 Å². The number of hydrogen-bond donors (Lipinski definition) is 2. The lowest BCUT2D eigenvalue weighted by molar-refractivity contribution is -0.118. The van der Waals surface area contributed by atoms with Gasteiger partial charge in [0.1, 0.15) is 11.5 Å². The Labute approximate surface area is 167 Å². The average Bonchev–Trinajstić information content (AvgIpc) is 3.21. The summed E-state index contributed by atoms with van der Waals surface area (Å²) in [6.45, 7) is 1.58. The quantitative estimate of drug-likeness (QED) is 0.740. The number of ketones is 1. The first kappa shape index (κ1) is 20.1. The Kier molecular flexibility index (Phi) is 5.97. The van der Waals surface area contributed by atoms with Crippen molar-refractivity contribution in [3.63, 3.8) is 0 Å². The van der Waals surface area contributed by atoms with E-state index in [4.69, 9.17) is 0 Å². The van der Waals surface area contributed by atoms with Gasteiger partial charge in [-0.1, -0.05) is 24.3 Å². The Morgan fingerprint density at radius 1 is 1.07 bits per heavy atom. The molecule has 1 aliphatic heterocycles. The van der Waals surface area contributed by atoms with Crippen LogP contribution in [0.4, 0.5) is 10.1 Å². The van der Waals surface area contributed by atoms with Gasteiger partial charge in [0.15, 0.2) is 5.78 Å². The summed E-state index contributed by atoms with van der Waals surface area (Å²) in [5, 5.41) is 5.19. The molecular formula is C22H20FN3O3. The number of anilines is 1. The summed E-state index contributed by atoms with van der Waals surface area (Å²) in [5.41, 5.74) is 2.37. The van der Waals surface area contributed by atoms with Crippen molar-refractivity contribution in [2.75, 3.05) is 12.4 Å². The molecule has 0 saturated heterocycles. The maximum Gasteiger partial charge on any atom is 0.270 e. The third-order valence-corrected chi connectivity index (χ3v) is 4.66. The second-order valence-corrected chi connectivity index (χ2v) is 6.59. The van der Waals surface area contributed by atoms with E-state index in [0.29, 0.717) is 22.4 Å². The molecular weight excluding hydrogens is 373 g/mol. The highest BCUT2D eigenvalue weighted by Crippen LogP contribution is 2.20. The Bertz CT molecular complexity index is 1040. The third kappa shape index (κ3) is 4.45. The molecule has 2 N–H and O–H groups in total. The van der Waals surface area contributed by atoms with Gasteiger partial charge in [-0.05, 0) is 36.2 Å². The number of carbonyl (C=O) groups excluding carboxylic acids is 3. The molecule has 1 aliphatic rings. The first-order valence-corrected chi connectivity index (χ1v) is 9.07. The lowest BCUT2D eigenvalue weighted by atomic mass is 9.99. The fourth-order valence-corrected chi connectivity index (χ4v) is 3.02. The molecule has 0 fully saturated rings. The molecule has 0 radical (unpaired) electrons. The molecule has 148 valence electrons. The molecule has 0 bridgehead atoms.